The zero-order chi connectivity index (χ0) is 34.7. The van der Waals surface area contributed by atoms with Gasteiger partial charge in [-0.2, -0.15) is 5.10 Å². The Bertz CT molecular complexity index is 2050. The number of likely N-dealkylation sites (N-methyl/N-ethyl adjacent to an activating group) is 1. The number of carbonyl (C=O) groups is 1. The molecule has 4 aromatic rings. The number of benzene rings is 2. The third kappa shape index (κ3) is 6.38. The zero-order valence-corrected chi connectivity index (χ0v) is 28.2. The summed E-state index contributed by atoms with van der Waals surface area (Å²) in [6.07, 6.45) is 2.30. The zero-order valence-electron chi connectivity index (χ0n) is 28.2. The standard InChI is InChI=1S/C34H38B3N7O5/c1-33(2)25-9-6-21(17-27(25)40(3)31(33)46)10-13-42-28(11-14-44-32(47)43-12-4-5-29(43)39-44)38-26-18-22(7-8-24(26)30(42)45)41-15-16-48-23(19-41)20-49-34(35,36)37/h6-9,17-18,23H,4-5,10-16,19-20H2,1-3H3. The van der Waals surface area contributed by atoms with Crippen LogP contribution in [-0.4, -0.2) is 98.1 Å². The van der Waals surface area contributed by atoms with E-state index in [1.807, 2.05) is 50.2 Å². The highest BCUT2D eigenvalue weighted by Gasteiger charge is 2.42. The van der Waals surface area contributed by atoms with E-state index in [0.717, 1.165) is 41.2 Å². The molecule has 3 aliphatic heterocycles. The third-order valence-corrected chi connectivity index (χ3v) is 9.93. The first-order valence-corrected chi connectivity index (χ1v) is 16.8. The predicted octanol–water partition coefficient (Wildman–Crippen LogP) is 0.779. The van der Waals surface area contributed by atoms with Gasteiger partial charge in [0.05, 0.1) is 65.7 Å². The molecule has 5 heterocycles. The fourth-order valence-electron chi connectivity index (χ4n) is 7.23. The number of nitrogens with zero attached hydrogens (tertiary/aromatic N) is 7. The maximum atomic E-state index is 14.1. The van der Waals surface area contributed by atoms with Crippen LogP contribution in [0.1, 0.15) is 43.0 Å². The second kappa shape index (κ2) is 12.7. The fourth-order valence-corrected chi connectivity index (χ4v) is 7.23. The fraction of sp³-hybridized carbons (Fsp3) is 0.500. The first-order valence-electron chi connectivity index (χ1n) is 16.8. The summed E-state index contributed by atoms with van der Waals surface area (Å²) in [6.45, 7) is 6.98. The molecule has 2 aromatic heterocycles. The summed E-state index contributed by atoms with van der Waals surface area (Å²) >= 11 is 0. The lowest BCUT2D eigenvalue weighted by Crippen LogP contribution is -2.47. The van der Waals surface area contributed by atoms with Crippen LogP contribution in [0, 0.1) is 0 Å². The molecule has 0 spiro atoms. The molecular formula is C34H38B3N7O5. The molecule has 49 heavy (non-hydrogen) atoms. The number of aryl methyl sites for hydroxylation is 4. The van der Waals surface area contributed by atoms with E-state index in [0.29, 0.717) is 68.9 Å². The van der Waals surface area contributed by atoms with Gasteiger partial charge in [-0.25, -0.2) is 14.5 Å². The Morgan fingerprint density at radius 3 is 2.63 bits per heavy atom. The lowest BCUT2D eigenvalue weighted by Gasteiger charge is -2.36. The molecule has 1 saturated heterocycles. The van der Waals surface area contributed by atoms with E-state index in [1.54, 1.807) is 21.1 Å². The van der Waals surface area contributed by atoms with Crippen molar-refractivity contribution < 1.29 is 14.3 Å². The number of anilines is 2. The van der Waals surface area contributed by atoms with Crippen molar-refractivity contribution in [3.8, 4) is 0 Å². The van der Waals surface area contributed by atoms with Crippen molar-refractivity contribution in [3.05, 3.63) is 80.0 Å². The minimum Gasteiger partial charge on any atom is -0.400 e. The van der Waals surface area contributed by atoms with Crippen LogP contribution in [0.15, 0.2) is 46.0 Å². The number of aromatic nitrogens is 5. The number of hydrogen-bond acceptors (Lipinski definition) is 8. The maximum Gasteiger partial charge on any atom is 0.345 e. The number of fused-ring (bicyclic) bond motifs is 3. The molecule has 1 amide bonds. The highest BCUT2D eigenvalue weighted by Crippen LogP contribution is 2.41. The van der Waals surface area contributed by atoms with E-state index in [2.05, 4.69) is 10.00 Å². The van der Waals surface area contributed by atoms with Gasteiger partial charge >= 0.3 is 5.69 Å². The predicted molar refractivity (Wildman–Crippen MR) is 189 cm³/mol. The van der Waals surface area contributed by atoms with Gasteiger partial charge in [0.1, 0.15) is 11.6 Å². The second-order valence-corrected chi connectivity index (χ2v) is 13.8. The Morgan fingerprint density at radius 2 is 1.86 bits per heavy atom. The maximum absolute atomic E-state index is 14.1. The Kier molecular flexibility index (Phi) is 8.63. The van der Waals surface area contributed by atoms with Crippen LogP contribution in [0.2, 0.25) is 0 Å². The molecular weight excluding hydrogens is 619 g/mol. The highest BCUT2D eigenvalue weighted by atomic mass is 16.5. The number of hydrogen-bond donors (Lipinski definition) is 0. The van der Waals surface area contributed by atoms with Gasteiger partial charge in [0.25, 0.3) is 5.56 Å². The van der Waals surface area contributed by atoms with Crippen LogP contribution < -0.4 is 21.0 Å². The molecule has 6 radical (unpaired) electrons. The van der Waals surface area contributed by atoms with E-state index < -0.39 is 10.7 Å². The Labute approximate surface area is 288 Å². The average molecular weight is 657 g/mol. The van der Waals surface area contributed by atoms with Gasteiger partial charge in [-0.1, -0.05) is 12.1 Å². The number of morpholine rings is 1. The van der Waals surface area contributed by atoms with Gasteiger partial charge in [-0.3, -0.25) is 18.7 Å². The molecule has 12 nitrogen and oxygen atoms in total. The monoisotopic (exact) mass is 657 g/mol. The van der Waals surface area contributed by atoms with Gasteiger partial charge in [0, 0.05) is 57.4 Å². The first kappa shape index (κ1) is 33.4. The molecule has 1 fully saturated rings. The molecule has 1 atom stereocenters. The van der Waals surface area contributed by atoms with Crippen LogP contribution in [0.25, 0.3) is 10.9 Å². The Balaban J connectivity index is 1.19. The smallest absolute Gasteiger partial charge is 0.345 e. The van der Waals surface area contributed by atoms with Gasteiger partial charge in [0.15, 0.2) is 0 Å². The van der Waals surface area contributed by atoms with Crippen LogP contribution in [-0.2, 0) is 58.6 Å². The van der Waals surface area contributed by atoms with E-state index in [9.17, 15) is 14.4 Å². The summed E-state index contributed by atoms with van der Waals surface area (Å²) in [5, 5.41) is 3.30. The quantitative estimate of drug-likeness (QED) is 0.230. The van der Waals surface area contributed by atoms with Crippen LogP contribution >= 0.6 is 0 Å². The average Bonchev–Trinajstić information content (AvgIpc) is 3.71. The van der Waals surface area contributed by atoms with E-state index in [-0.39, 0.29) is 29.9 Å². The topological polar surface area (TPSA) is 117 Å². The van der Waals surface area contributed by atoms with Crippen LogP contribution in [0.3, 0.4) is 0 Å². The lowest BCUT2D eigenvalue weighted by molar-refractivity contribution is -0.121. The minimum atomic E-state index is -1.75. The molecule has 3 aliphatic rings. The van der Waals surface area contributed by atoms with E-state index in [1.165, 1.54) is 4.68 Å². The summed E-state index contributed by atoms with van der Waals surface area (Å²) < 4.78 is 16.1. The van der Waals surface area contributed by atoms with Crippen molar-refractivity contribution in [2.45, 2.75) is 76.0 Å². The molecule has 15 heteroatoms. The number of rotatable bonds is 10. The highest BCUT2D eigenvalue weighted by molar-refractivity contribution is 6.58. The molecule has 0 aliphatic carbocycles. The summed E-state index contributed by atoms with van der Waals surface area (Å²) in [5.41, 5.74) is 3.48. The number of amides is 1. The minimum absolute atomic E-state index is 0.0569. The van der Waals surface area contributed by atoms with Crippen molar-refractivity contribution in [1.82, 2.24) is 23.9 Å². The lowest BCUT2D eigenvalue weighted by atomic mass is 9.52. The van der Waals surface area contributed by atoms with Gasteiger partial charge in [0.2, 0.25) is 5.91 Å². The van der Waals surface area contributed by atoms with Crippen molar-refractivity contribution >= 4 is 51.7 Å². The SMILES string of the molecule is [B]C([B])([B])OCC1CN(c2ccc3c(=O)n(CCc4ccc5c(c4)N(C)C(=O)C5(C)C)c(CCn4nc5n(c4=O)CCC5)nc3c2)CCO1. The molecule has 1 unspecified atom stereocenters. The molecule has 0 bridgehead atoms. The van der Waals surface area contributed by atoms with Crippen molar-refractivity contribution in [3.63, 3.8) is 0 Å². The molecule has 0 N–H and O–H groups in total. The molecule has 248 valence electrons. The Morgan fingerprint density at radius 1 is 1.04 bits per heavy atom. The largest absolute Gasteiger partial charge is 0.400 e. The summed E-state index contributed by atoms with van der Waals surface area (Å²) in [7, 11) is 18.5. The Hall–Kier alpha value is -4.10. The van der Waals surface area contributed by atoms with Crippen molar-refractivity contribution in [1.29, 1.82) is 0 Å². The van der Waals surface area contributed by atoms with Crippen molar-refractivity contribution in [2.75, 3.05) is 43.2 Å². The van der Waals surface area contributed by atoms with E-state index >= 15 is 0 Å². The van der Waals surface area contributed by atoms with Crippen LogP contribution in [0.5, 0.6) is 0 Å². The van der Waals surface area contributed by atoms with Gasteiger partial charge in [-0.15, -0.1) is 0 Å². The second-order valence-electron chi connectivity index (χ2n) is 13.8. The number of ether oxygens (including phenoxy) is 2. The van der Waals surface area contributed by atoms with Crippen LogP contribution in [0.4, 0.5) is 11.4 Å². The van der Waals surface area contributed by atoms with E-state index in [4.69, 9.17) is 38.0 Å². The summed E-state index contributed by atoms with van der Waals surface area (Å²) in [4.78, 5) is 48.9. The van der Waals surface area contributed by atoms with Gasteiger partial charge in [-0.05, 0) is 67.4 Å². The molecule has 2 aromatic carbocycles. The molecule has 0 saturated carbocycles. The molecule has 7 rings (SSSR count). The summed E-state index contributed by atoms with van der Waals surface area (Å²) in [6, 6.07) is 11.7. The van der Waals surface area contributed by atoms with Gasteiger partial charge < -0.3 is 19.3 Å². The van der Waals surface area contributed by atoms with Crippen molar-refractivity contribution in [2.24, 2.45) is 0 Å². The third-order valence-electron chi connectivity index (χ3n) is 9.93. The number of carbonyl (C=O) groups excluding carboxylic acids is 1. The normalized spacial score (nSPS) is 18.8. The summed E-state index contributed by atoms with van der Waals surface area (Å²) in [5.74, 6) is 1.43. The first-order chi connectivity index (χ1) is 23.3.